The number of anilines is 4. The van der Waals surface area contributed by atoms with Crippen LogP contribution in [0.25, 0.3) is 0 Å². The molecule has 3 N–H and O–H groups in total. The molecule has 0 radical (unpaired) electrons. The summed E-state index contributed by atoms with van der Waals surface area (Å²) in [7, 11) is 0. The molecular formula is C55H75N9O10. The summed E-state index contributed by atoms with van der Waals surface area (Å²) >= 11 is 0. The van der Waals surface area contributed by atoms with E-state index in [9.17, 15) is 29.3 Å². The molecule has 74 heavy (non-hydrogen) atoms. The van der Waals surface area contributed by atoms with Crippen LogP contribution in [0.4, 0.5) is 38.3 Å². The molecule has 7 rings (SSSR count). The summed E-state index contributed by atoms with van der Waals surface area (Å²) < 4.78 is 22.4. The Morgan fingerprint density at radius 2 is 1.18 bits per heavy atom. The van der Waals surface area contributed by atoms with Crippen LogP contribution in [-0.2, 0) is 51.7 Å². The van der Waals surface area contributed by atoms with Crippen molar-refractivity contribution >= 4 is 52.6 Å². The third-order valence-electron chi connectivity index (χ3n) is 12.3. The van der Waals surface area contributed by atoms with Crippen molar-refractivity contribution in [1.29, 1.82) is 0 Å². The number of carbonyl (C=O) groups excluding carboxylic acids is 4. The van der Waals surface area contributed by atoms with E-state index in [0.29, 0.717) is 41.6 Å². The van der Waals surface area contributed by atoms with E-state index in [-0.39, 0.29) is 37.0 Å². The number of Topliss-reactive ketones (excluding diaryl/α,β-unsaturated/α-hetero) is 1. The van der Waals surface area contributed by atoms with Crippen LogP contribution in [-0.4, -0.2) is 99.2 Å². The number of imide groups is 1. The number of carbonyl (C=O) groups is 4. The third kappa shape index (κ3) is 16.3. The molecule has 0 atom stereocenters. The average molecular weight is 1020 g/mol. The zero-order chi connectivity index (χ0) is 53.6. The molecule has 19 heteroatoms. The minimum atomic E-state index is -1.16. The molecule has 2 fully saturated rings. The summed E-state index contributed by atoms with van der Waals surface area (Å²) in [5.74, 6) is -0.903. The number of amides is 3. The fourth-order valence-corrected chi connectivity index (χ4v) is 8.54. The van der Waals surface area contributed by atoms with Gasteiger partial charge in [0.2, 0.25) is 23.4 Å². The van der Waals surface area contributed by atoms with Crippen molar-refractivity contribution in [1.82, 2.24) is 19.8 Å². The van der Waals surface area contributed by atoms with Gasteiger partial charge in [0.05, 0.1) is 30.4 Å². The van der Waals surface area contributed by atoms with Gasteiger partial charge < -0.3 is 34.9 Å². The van der Waals surface area contributed by atoms with E-state index in [4.69, 9.17) is 24.7 Å². The molecule has 4 aromatic rings. The van der Waals surface area contributed by atoms with E-state index in [0.717, 1.165) is 69.7 Å². The second-order valence-electron chi connectivity index (χ2n) is 20.9. The van der Waals surface area contributed by atoms with Gasteiger partial charge in [0, 0.05) is 43.8 Å². The average Bonchev–Trinajstić information content (AvgIpc) is 4.05. The van der Waals surface area contributed by atoms with E-state index in [2.05, 4.69) is 44.1 Å². The predicted octanol–water partition coefficient (Wildman–Crippen LogP) is 10.2. The molecule has 400 valence electrons. The molecule has 2 saturated heterocycles. The Balaban J connectivity index is 0.000000253. The Kier molecular flexibility index (Phi) is 19.7. The largest absolute Gasteiger partial charge is 0.478 e. The number of likely N-dealkylation sites (tertiary alicyclic amines) is 2. The number of unbranched alkanes of at least 4 members (excludes halogenated alkanes) is 2. The molecule has 0 aliphatic carbocycles. The van der Waals surface area contributed by atoms with Gasteiger partial charge in [-0.15, -0.1) is 0 Å². The van der Waals surface area contributed by atoms with Gasteiger partial charge >= 0.3 is 17.9 Å². The van der Waals surface area contributed by atoms with Gasteiger partial charge in [-0.05, 0) is 129 Å². The highest BCUT2D eigenvalue weighted by molar-refractivity contribution is 6.43. The molecule has 2 aromatic carbocycles. The number of aromatic nitrogens is 2. The van der Waals surface area contributed by atoms with Crippen LogP contribution in [0.1, 0.15) is 135 Å². The Morgan fingerprint density at radius 3 is 1.64 bits per heavy atom. The van der Waals surface area contributed by atoms with Crippen LogP contribution in [0.2, 0.25) is 0 Å². The van der Waals surface area contributed by atoms with Crippen molar-refractivity contribution in [2.45, 2.75) is 151 Å². The summed E-state index contributed by atoms with van der Waals surface area (Å²) in [6.07, 6.45) is 6.10. The standard InChI is InChI=1S/C31H45N5O7.C24H30N4O3/c1-8-9-18-41-25-19-24(32-20-22-12-14-23(15-13-22)21-34-16-10-11-17-34)26(36(39)40)27(33-25)35(28(37)42-30(2,3)4)29(38)43-31(5,6)7;1-2-3-12-31-22-14-20-19(23(25)26-22)13-21(29)24(30)28(20)16-18-8-6-17(7-9-18)15-27-10-4-5-11-27/h12-15,19H,8-11,16-18,20-21H2,1-7H3,(H,32,33);6-9,14H,2-5,10-13,15-16H2,1H3,(H2,25,26). The summed E-state index contributed by atoms with van der Waals surface area (Å²) in [5.41, 5.74) is 9.05. The van der Waals surface area contributed by atoms with E-state index >= 15 is 0 Å². The van der Waals surface area contributed by atoms with E-state index in [1.807, 2.05) is 43.3 Å². The zero-order valence-electron chi connectivity index (χ0n) is 44.5. The van der Waals surface area contributed by atoms with Crippen molar-refractivity contribution in [2.24, 2.45) is 0 Å². The third-order valence-corrected chi connectivity index (χ3v) is 12.3. The highest BCUT2D eigenvalue weighted by atomic mass is 16.6. The van der Waals surface area contributed by atoms with E-state index in [1.165, 1.54) is 47.8 Å². The lowest BCUT2D eigenvalue weighted by Crippen LogP contribution is -2.44. The van der Waals surface area contributed by atoms with Crippen LogP contribution in [0.3, 0.4) is 0 Å². The van der Waals surface area contributed by atoms with Gasteiger partial charge in [-0.3, -0.25) is 29.5 Å². The number of rotatable bonds is 19. The van der Waals surface area contributed by atoms with E-state index in [1.54, 1.807) is 47.6 Å². The first-order chi connectivity index (χ1) is 35.2. The molecule has 2 aromatic heterocycles. The molecule has 0 bridgehead atoms. The maximum Gasteiger partial charge on any atom is 0.426 e. The summed E-state index contributed by atoms with van der Waals surface area (Å²) in [4.78, 5) is 79.0. The molecule has 0 spiro atoms. The van der Waals surface area contributed by atoms with Crippen molar-refractivity contribution in [3.63, 3.8) is 0 Å². The van der Waals surface area contributed by atoms with Crippen molar-refractivity contribution < 1.29 is 43.0 Å². The van der Waals surface area contributed by atoms with Crippen molar-refractivity contribution in [2.75, 3.05) is 60.2 Å². The van der Waals surface area contributed by atoms with Gasteiger partial charge in [-0.1, -0.05) is 75.2 Å². The first-order valence-electron chi connectivity index (χ1n) is 25.9. The highest BCUT2D eigenvalue weighted by Crippen LogP contribution is 2.39. The molecule has 19 nitrogen and oxygen atoms in total. The Labute approximate surface area is 435 Å². The van der Waals surface area contributed by atoms with Crippen LogP contribution in [0.15, 0.2) is 60.7 Å². The normalized spacial score (nSPS) is 15.0. The van der Waals surface area contributed by atoms with Gasteiger partial charge in [0.1, 0.15) is 22.7 Å². The first kappa shape index (κ1) is 56.4. The number of ether oxygens (including phenoxy) is 4. The lowest BCUT2D eigenvalue weighted by molar-refractivity contribution is -0.383. The van der Waals surface area contributed by atoms with Gasteiger partial charge in [0.15, 0.2) is 0 Å². The molecule has 3 aliphatic rings. The van der Waals surface area contributed by atoms with Crippen molar-refractivity contribution in [3.05, 3.63) is 98.6 Å². The molecule has 0 unspecified atom stereocenters. The quantitative estimate of drug-likeness (QED) is 0.0385. The number of nitrogens with two attached hydrogens (primary N) is 1. The number of ketones is 1. The second-order valence-corrected chi connectivity index (χ2v) is 20.9. The van der Waals surface area contributed by atoms with Crippen LogP contribution < -0.4 is 30.3 Å². The fraction of sp³-hybridized carbons (Fsp3) is 0.527. The van der Waals surface area contributed by atoms with Gasteiger partial charge in [-0.25, -0.2) is 9.59 Å². The Morgan fingerprint density at radius 1 is 0.716 bits per heavy atom. The molecule has 5 heterocycles. The number of nitrogens with one attached hydrogen (secondary N) is 1. The minimum absolute atomic E-state index is 0.00892. The summed E-state index contributed by atoms with van der Waals surface area (Å²) in [5, 5.41) is 15.6. The number of nitrogens with zero attached hydrogens (tertiary/aromatic N) is 7. The lowest BCUT2D eigenvalue weighted by atomic mass is 10.00. The number of pyridine rings is 2. The van der Waals surface area contributed by atoms with E-state index < -0.39 is 51.5 Å². The lowest BCUT2D eigenvalue weighted by Gasteiger charge is -2.29. The van der Waals surface area contributed by atoms with Crippen LogP contribution in [0, 0.1) is 10.1 Å². The minimum Gasteiger partial charge on any atom is -0.478 e. The highest BCUT2D eigenvalue weighted by Gasteiger charge is 2.40. The second kappa shape index (κ2) is 25.9. The van der Waals surface area contributed by atoms with Gasteiger partial charge in [0.25, 0.3) is 5.91 Å². The topological polar surface area (TPSA) is 225 Å². The zero-order valence-corrected chi connectivity index (χ0v) is 44.5. The monoisotopic (exact) mass is 1020 g/mol. The van der Waals surface area contributed by atoms with Crippen LogP contribution >= 0.6 is 0 Å². The maximum absolute atomic E-state index is 13.4. The number of nitrogen functional groups attached to an aromatic ring is 1. The summed E-state index contributed by atoms with van der Waals surface area (Å²) in [6, 6.07) is 19.4. The number of fused-ring (bicyclic) bond motifs is 1. The number of benzene rings is 2. The number of hydrogen-bond donors (Lipinski definition) is 2. The maximum atomic E-state index is 13.4. The molecular weight excluding hydrogens is 947 g/mol. The number of nitro groups is 1. The molecule has 3 aliphatic heterocycles. The Bertz CT molecular complexity index is 2540. The number of hydrogen-bond acceptors (Lipinski definition) is 16. The van der Waals surface area contributed by atoms with Crippen molar-refractivity contribution in [3.8, 4) is 11.8 Å². The van der Waals surface area contributed by atoms with Crippen LogP contribution in [0.5, 0.6) is 11.8 Å². The Hall–Kier alpha value is -6.86. The molecule has 3 amide bonds. The first-order valence-corrected chi connectivity index (χ1v) is 25.9. The smallest absolute Gasteiger partial charge is 0.426 e. The SMILES string of the molecule is CCCCOc1cc(NCc2ccc(CN3CCCC3)cc2)c([N+](=O)[O-])c(N(C(=O)OC(C)(C)C)C(=O)OC(C)(C)C)n1.CCCCOc1cc2c(c(N)n1)CC(=O)C(=O)N2Cc1ccc(CN2CCCC2)cc1. The summed E-state index contributed by atoms with van der Waals surface area (Å²) in [6.45, 7) is 21.5. The predicted molar refractivity (Wildman–Crippen MR) is 284 cm³/mol. The van der Waals surface area contributed by atoms with Gasteiger partial charge in [-0.2, -0.15) is 14.9 Å². The fourth-order valence-electron chi connectivity index (χ4n) is 8.54. The molecule has 0 saturated carbocycles.